The highest BCUT2D eigenvalue weighted by Crippen LogP contribution is 2.57. The van der Waals surface area contributed by atoms with Crippen molar-refractivity contribution in [1.29, 1.82) is 5.41 Å². The molecule has 2 amide bonds. The van der Waals surface area contributed by atoms with Crippen molar-refractivity contribution < 1.29 is 19.5 Å². The van der Waals surface area contributed by atoms with Gasteiger partial charge in [-0.05, 0) is 24.9 Å². The Hall–Kier alpha value is -2.74. The van der Waals surface area contributed by atoms with Gasteiger partial charge in [0.05, 0.1) is 11.8 Å². The van der Waals surface area contributed by atoms with Crippen LogP contribution in [-0.2, 0) is 14.4 Å². The molecule has 0 radical (unpaired) electrons. The fourth-order valence-corrected chi connectivity index (χ4v) is 4.82. The number of hydrogen-bond donors (Lipinski definition) is 4. The summed E-state index contributed by atoms with van der Waals surface area (Å²) in [6, 6.07) is 6.39. The summed E-state index contributed by atoms with van der Waals surface area (Å²) in [5, 5.41) is 19.7. The third-order valence-electron chi connectivity index (χ3n) is 5.78. The number of carbonyl (C=O) groups is 3. The van der Waals surface area contributed by atoms with Crippen LogP contribution in [-0.4, -0.2) is 45.7 Å². The molecule has 3 fully saturated rings. The number of fused-ring (bicyclic) bond motifs is 3. The highest BCUT2D eigenvalue weighted by atomic mass is 16.4. The van der Waals surface area contributed by atoms with E-state index in [1.54, 1.807) is 24.3 Å². The predicted molar refractivity (Wildman–Crippen MR) is 86.6 cm³/mol. The minimum Gasteiger partial charge on any atom is -0.480 e. The molecule has 25 heavy (non-hydrogen) atoms. The number of imide groups is 1. The standard InChI is InChI=1S/C17H18N4O4/c18-13(19)9-4-2-8(3-5-9)12-10-11(15(23)20-14(10)22)17(16(24)25)6-1-7-21(12)17/h2-5,10-12H,1,6-7H2,(H3,18,19)(H,24,25)(H,20,22,23). The zero-order chi connectivity index (χ0) is 17.9. The molecule has 0 aliphatic carbocycles. The molecule has 5 N–H and O–H groups in total. The van der Waals surface area contributed by atoms with Crippen molar-refractivity contribution in [2.75, 3.05) is 6.54 Å². The number of amidine groups is 1. The molecule has 3 aliphatic rings. The molecule has 8 heteroatoms. The van der Waals surface area contributed by atoms with Crippen molar-refractivity contribution in [1.82, 2.24) is 10.2 Å². The summed E-state index contributed by atoms with van der Waals surface area (Å²) in [7, 11) is 0. The van der Waals surface area contributed by atoms with E-state index in [1.807, 2.05) is 4.90 Å². The first-order valence-electron chi connectivity index (χ1n) is 8.17. The Morgan fingerprint density at radius 1 is 1.28 bits per heavy atom. The van der Waals surface area contributed by atoms with Gasteiger partial charge in [-0.25, -0.2) is 0 Å². The molecular formula is C17H18N4O4. The van der Waals surface area contributed by atoms with E-state index in [0.717, 1.165) is 5.56 Å². The number of amides is 2. The largest absolute Gasteiger partial charge is 0.480 e. The van der Waals surface area contributed by atoms with Crippen LogP contribution in [0.3, 0.4) is 0 Å². The maximum atomic E-state index is 12.4. The lowest BCUT2D eigenvalue weighted by molar-refractivity contribution is -0.153. The van der Waals surface area contributed by atoms with Crippen molar-refractivity contribution >= 4 is 23.6 Å². The second-order valence-corrected chi connectivity index (χ2v) is 6.86. The number of carbonyl (C=O) groups excluding carboxylic acids is 2. The van der Waals surface area contributed by atoms with E-state index in [-0.39, 0.29) is 5.84 Å². The molecule has 4 atom stereocenters. The van der Waals surface area contributed by atoms with Crippen molar-refractivity contribution in [3.05, 3.63) is 35.4 Å². The Bertz CT molecular complexity index is 805. The average Bonchev–Trinajstić information content (AvgIpc) is 3.18. The molecule has 3 heterocycles. The molecule has 0 bridgehead atoms. The predicted octanol–water partition coefficient (Wildman–Crippen LogP) is -0.167. The highest BCUT2D eigenvalue weighted by Gasteiger charge is 2.71. The zero-order valence-corrected chi connectivity index (χ0v) is 13.4. The molecule has 0 saturated carbocycles. The summed E-state index contributed by atoms with van der Waals surface area (Å²) in [6.45, 7) is 0.527. The van der Waals surface area contributed by atoms with Gasteiger partial charge < -0.3 is 10.8 Å². The number of nitrogen functional groups attached to an aromatic ring is 1. The van der Waals surface area contributed by atoms with Gasteiger partial charge in [-0.1, -0.05) is 24.3 Å². The summed E-state index contributed by atoms with van der Waals surface area (Å²) < 4.78 is 0. The van der Waals surface area contributed by atoms with Crippen molar-refractivity contribution in [3.8, 4) is 0 Å². The maximum absolute atomic E-state index is 12.4. The summed E-state index contributed by atoms with van der Waals surface area (Å²) >= 11 is 0. The number of carboxylic acid groups (broad SMARTS) is 1. The Morgan fingerprint density at radius 3 is 2.56 bits per heavy atom. The first-order valence-corrected chi connectivity index (χ1v) is 8.17. The van der Waals surface area contributed by atoms with Crippen LogP contribution in [0, 0.1) is 17.2 Å². The molecule has 4 unspecified atom stereocenters. The summed E-state index contributed by atoms with van der Waals surface area (Å²) in [5.74, 6) is -3.61. The number of nitrogens with one attached hydrogen (secondary N) is 2. The summed E-state index contributed by atoms with van der Waals surface area (Å²) in [4.78, 5) is 38.7. The van der Waals surface area contributed by atoms with Crippen LogP contribution < -0.4 is 11.1 Å². The molecule has 3 saturated heterocycles. The SMILES string of the molecule is N=C(N)c1ccc(C2C3C(=O)NC(=O)C3C3(C(=O)O)CCCN23)cc1. The maximum Gasteiger partial charge on any atom is 0.325 e. The van der Waals surface area contributed by atoms with Gasteiger partial charge in [0.2, 0.25) is 11.8 Å². The Morgan fingerprint density at radius 2 is 1.96 bits per heavy atom. The first-order chi connectivity index (χ1) is 11.9. The second kappa shape index (κ2) is 5.13. The fraction of sp³-hybridized carbons (Fsp3) is 0.412. The topological polar surface area (TPSA) is 137 Å². The average molecular weight is 342 g/mol. The zero-order valence-electron chi connectivity index (χ0n) is 13.4. The molecule has 8 nitrogen and oxygen atoms in total. The summed E-state index contributed by atoms with van der Waals surface area (Å²) in [6.07, 6.45) is 1.02. The van der Waals surface area contributed by atoms with E-state index in [4.69, 9.17) is 11.1 Å². The van der Waals surface area contributed by atoms with Crippen LogP contribution in [0.25, 0.3) is 0 Å². The van der Waals surface area contributed by atoms with E-state index in [0.29, 0.717) is 24.9 Å². The lowest BCUT2D eigenvalue weighted by Crippen LogP contribution is -2.53. The molecule has 4 rings (SSSR count). The third kappa shape index (κ3) is 1.91. The Kier molecular flexibility index (Phi) is 3.23. The highest BCUT2D eigenvalue weighted by molar-refractivity contribution is 6.09. The van der Waals surface area contributed by atoms with Crippen LogP contribution in [0.2, 0.25) is 0 Å². The minimum atomic E-state index is -1.33. The van der Waals surface area contributed by atoms with E-state index < -0.39 is 41.2 Å². The number of aliphatic carboxylic acids is 1. The Labute approximate surface area is 143 Å². The number of rotatable bonds is 3. The monoisotopic (exact) mass is 342 g/mol. The quantitative estimate of drug-likeness (QED) is 0.342. The van der Waals surface area contributed by atoms with Crippen LogP contribution in [0.4, 0.5) is 0 Å². The van der Waals surface area contributed by atoms with Gasteiger partial charge in [-0.2, -0.15) is 0 Å². The summed E-state index contributed by atoms with van der Waals surface area (Å²) in [5.41, 5.74) is 5.46. The molecule has 1 aromatic carbocycles. The fourth-order valence-electron chi connectivity index (χ4n) is 4.82. The number of carboxylic acids is 1. The van der Waals surface area contributed by atoms with Crippen LogP contribution in [0.5, 0.6) is 0 Å². The van der Waals surface area contributed by atoms with Gasteiger partial charge in [0.15, 0.2) is 0 Å². The van der Waals surface area contributed by atoms with Gasteiger partial charge in [-0.3, -0.25) is 30.0 Å². The smallest absolute Gasteiger partial charge is 0.325 e. The molecule has 3 aliphatic heterocycles. The van der Waals surface area contributed by atoms with E-state index in [9.17, 15) is 19.5 Å². The van der Waals surface area contributed by atoms with Crippen molar-refractivity contribution in [3.63, 3.8) is 0 Å². The van der Waals surface area contributed by atoms with Gasteiger partial charge in [0, 0.05) is 11.6 Å². The Balaban J connectivity index is 1.84. The van der Waals surface area contributed by atoms with Crippen LogP contribution >= 0.6 is 0 Å². The molecule has 130 valence electrons. The van der Waals surface area contributed by atoms with Crippen LogP contribution in [0.15, 0.2) is 24.3 Å². The number of nitrogens with zero attached hydrogens (tertiary/aromatic N) is 1. The van der Waals surface area contributed by atoms with E-state index >= 15 is 0 Å². The van der Waals surface area contributed by atoms with Gasteiger partial charge in [0.25, 0.3) is 0 Å². The van der Waals surface area contributed by atoms with Gasteiger partial charge in [-0.15, -0.1) is 0 Å². The van der Waals surface area contributed by atoms with Gasteiger partial charge >= 0.3 is 5.97 Å². The van der Waals surface area contributed by atoms with Crippen molar-refractivity contribution in [2.45, 2.75) is 24.4 Å². The number of benzene rings is 1. The second-order valence-electron chi connectivity index (χ2n) is 6.86. The third-order valence-corrected chi connectivity index (χ3v) is 5.78. The number of hydrogen-bond acceptors (Lipinski definition) is 5. The molecule has 0 spiro atoms. The lowest BCUT2D eigenvalue weighted by Gasteiger charge is -2.33. The minimum absolute atomic E-state index is 0.0642. The van der Waals surface area contributed by atoms with Crippen molar-refractivity contribution in [2.24, 2.45) is 17.6 Å². The lowest BCUT2D eigenvalue weighted by atomic mass is 9.77. The first kappa shape index (κ1) is 15.8. The van der Waals surface area contributed by atoms with E-state index in [1.165, 1.54) is 0 Å². The normalized spacial score (nSPS) is 33.8. The van der Waals surface area contributed by atoms with Gasteiger partial charge in [0.1, 0.15) is 11.4 Å². The van der Waals surface area contributed by atoms with Crippen LogP contribution in [0.1, 0.15) is 30.0 Å². The molecule has 1 aromatic rings. The number of nitrogens with two attached hydrogens (primary N) is 1. The van der Waals surface area contributed by atoms with E-state index in [2.05, 4.69) is 5.32 Å². The molecular weight excluding hydrogens is 324 g/mol. The molecule has 0 aromatic heterocycles.